The standard InChI is InChI=1S/C13H16O3/c1-15-13(14)12(11-8-5-9-16-11)10-6-3-2-4-7-10/h2-4,6-7,11-12H,5,8-9H2,1H3/t11-,12+/m1/s1. The van der Waals surface area contributed by atoms with Crippen LogP contribution in [-0.4, -0.2) is 25.8 Å². The Labute approximate surface area is 95.4 Å². The zero-order valence-electron chi connectivity index (χ0n) is 9.39. The minimum atomic E-state index is -0.284. The first-order chi connectivity index (χ1) is 7.83. The SMILES string of the molecule is COC(=O)[C@@H](c1ccccc1)[C@H]1CCCO1. The van der Waals surface area contributed by atoms with Crippen LogP contribution in [0.3, 0.4) is 0 Å². The van der Waals surface area contributed by atoms with Crippen molar-refractivity contribution in [3.63, 3.8) is 0 Å². The van der Waals surface area contributed by atoms with Gasteiger partial charge in [-0.25, -0.2) is 0 Å². The van der Waals surface area contributed by atoms with Crippen LogP contribution in [0.1, 0.15) is 24.3 Å². The number of hydrogen-bond donors (Lipinski definition) is 0. The van der Waals surface area contributed by atoms with E-state index >= 15 is 0 Å². The largest absolute Gasteiger partial charge is 0.468 e. The van der Waals surface area contributed by atoms with Crippen molar-refractivity contribution in [1.29, 1.82) is 0 Å². The quantitative estimate of drug-likeness (QED) is 0.732. The van der Waals surface area contributed by atoms with Crippen LogP contribution < -0.4 is 0 Å². The molecule has 3 nitrogen and oxygen atoms in total. The van der Waals surface area contributed by atoms with E-state index in [4.69, 9.17) is 9.47 Å². The van der Waals surface area contributed by atoms with Crippen molar-refractivity contribution < 1.29 is 14.3 Å². The van der Waals surface area contributed by atoms with Gasteiger partial charge in [0, 0.05) is 6.61 Å². The minimum absolute atomic E-state index is 0.0325. The molecule has 1 aromatic rings. The van der Waals surface area contributed by atoms with Gasteiger partial charge >= 0.3 is 5.97 Å². The van der Waals surface area contributed by atoms with Crippen LogP contribution in [0.15, 0.2) is 30.3 Å². The fourth-order valence-electron chi connectivity index (χ4n) is 2.16. The lowest BCUT2D eigenvalue weighted by Crippen LogP contribution is -2.26. The third-order valence-corrected chi connectivity index (χ3v) is 2.95. The van der Waals surface area contributed by atoms with E-state index in [0.29, 0.717) is 0 Å². The third-order valence-electron chi connectivity index (χ3n) is 2.95. The van der Waals surface area contributed by atoms with Gasteiger partial charge in [-0.2, -0.15) is 0 Å². The first-order valence-corrected chi connectivity index (χ1v) is 5.57. The van der Waals surface area contributed by atoms with Gasteiger partial charge in [0.25, 0.3) is 0 Å². The fourth-order valence-corrected chi connectivity index (χ4v) is 2.16. The molecule has 1 aromatic carbocycles. The molecule has 0 unspecified atom stereocenters. The molecule has 0 N–H and O–H groups in total. The summed E-state index contributed by atoms with van der Waals surface area (Å²) in [5, 5.41) is 0. The van der Waals surface area contributed by atoms with Gasteiger partial charge in [-0.3, -0.25) is 4.79 Å². The maximum atomic E-state index is 11.8. The molecule has 1 saturated heterocycles. The fraction of sp³-hybridized carbons (Fsp3) is 0.462. The molecule has 3 heteroatoms. The molecule has 0 spiro atoms. The van der Waals surface area contributed by atoms with E-state index in [9.17, 15) is 4.79 Å². The monoisotopic (exact) mass is 220 g/mol. The van der Waals surface area contributed by atoms with Crippen molar-refractivity contribution in [2.24, 2.45) is 0 Å². The average molecular weight is 220 g/mol. The summed E-state index contributed by atoms with van der Waals surface area (Å²) in [7, 11) is 1.42. The van der Waals surface area contributed by atoms with Crippen LogP contribution in [0.5, 0.6) is 0 Å². The number of ether oxygens (including phenoxy) is 2. The Morgan fingerprint density at radius 1 is 1.44 bits per heavy atom. The predicted octanol–water partition coefficient (Wildman–Crippen LogP) is 2.12. The first kappa shape index (κ1) is 11.1. The van der Waals surface area contributed by atoms with Crippen molar-refractivity contribution in [2.45, 2.75) is 24.9 Å². The van der Waals surface area contributed by atoms with Crippen LogP contribution >= 0.6 is 0 Å². The smallest absolute Gasteiger partial charge is 0.315 e. The summed E-state index contributed by atoms with van der Waals surface area (Å²) in [4.78, 5) is 11.8. The molecule has 0 amide bonds. The third kappa shape index (κ3) is 2.25. The molecule has 2 atom stereocenters. The zero-order valence-corrected chi connectivity index (χ0v) is 9.39. The Balaban J connectivity index is 2.24. The lowest BCUT2D eigenvalue weighted by atomic mass is 9.92. The molecular formula is C13H16O3. The zero-order chi connectivity index (χ0) is 11.4. The normalized spacial score (nSPS) is 21.7. The first-order valence-electron chi connectivity index (χ1n) is 5.57. The topological polar surface area (TPSA) is 35.5 Å². The molecule has 0 aliphatic carbocycles. The van der Waals surface area contributed by atoms with Crippen molar-refractivity contribution in [3.8, 4) is 0 Å². The van der Waals surface area contributed by atoms with Gasteiger partial charge in [0.15, 0.2) is 0 Å². The lowest BCUT2D eigenvalue weighted by molar-refractivity contribution is -0.145. The lowest BCUT2D eigenvalue weighted by Gasteiger charge is -2.20. The second-order valence-corrected chi connectivity index (χ2v) is 3.96. The minimum Gasteiger partial charge on any atom is -0.468 e. The van der Waals surface area contributed by atoms with Crippen LogP contribution in [0.4, 0.5) is 0 Å². The molecule has 1 aliphatic heterocycles. The van der Waals surface area contributed by atoms with Gasteiger partial charge in [-0.1, -0.05) is 30.3 Å². The van der Waals surface area contributed by atoms with Crippen LogP contribution in [-0.2, 0) is 14.3 Å². The summed E-state index contributed by atoms with van der Waals surface area (Å²) in [5.74, 6) is -0.494. The van der Waals surface area contributed by atoms with Crippen molar-refractivity contribution in [1.82, 2.24) is 0 Å². The van der Waals surface area contributed by atoms with Crippen molar-refractivity contribution >= 4 is 5.97 Å². The van der Waals surface area contributed by atoms with E-state index < -0.39 is 0 Å². The molecule has 0 radical (unpaired) electrons. The summed E-state index contributed by atoms with van der Waals surface area (Å²) in [5.41, 5.74) is 0.973. The summed E-state index contributed by atoms with van der Waals surface area (Å²) < 4.78 is 10.5. The Hall–Kier alpha value is -1.35. The molecule has 86 valence electrons. The Morgan fingerprint density at radius 2 is 2.19 bits per heavy atom. The molecule has 0 bridgehead atoms. The van der Waals surface area contributed by atoms with E-state index in [1.54, 1.807) is 0 Å². The number of methoxy groups -OCH3 is 1. The molecule has 1 aliphatic rings. The predicted molar refractivity (Wildman–Crippen MR) is 60.2 cm³/mol. The average Bonchev–Trinajstić information content (AvgIpc) is 2.84. The number of hydrogen-bond acceptors (Lipinski definition) is 3. The highest BCUT2D eigenvalue weighted by atomic mass is 16.5. The van der Waals surface area contributed by atoms with E-state index in [0.717, 1.165) is 25.0 Å². The molecule has 1 fully saturated rings. The highest BCUT2D eigenvalue weighted by molar-refractivity contribution is 5.78. The van der Waals surface area contributed by atoms with Crippen LogP contribution in [0.25, 0.3) is 0 Å². The van der Waals surface area contributed by atoms with Crippen molar-refractivity contribution in [2.75, 3.05) is 13.7 Å². The Morgan fingerprint density at radius 3 is 2.75 bits per heavy atom. The Kier molecular flexibility index (Phi) is 3.57. The maximum absolute atomic E-state index is 11.8. The summed E-state index contributed by atoms with van der Waals surface area (Å²) in [6, 6.07) is 9.69. The number of carbonyl (C=O) groups excluding carboxylic acids is 1. The van der Waals surface area contributed by atoms with Crippen LogP contribution in [0, 0.1) is 0 Å². The summed E-state index contributed by atoms with van der Waals surface area (Å²) >= 11 is 0. The second kappa shape index (κ2) is 5.12. The number of esters is 1. The van der Waals surface area contributed by atoms with Gasteiger partial charge in [0.05, 0.1) is 13.2 Å². The summed E-state index contributed by atoms with van der Waals surface area (Å²) in [6.45, 7) is 0.741. The molecule has 0 saturated carbocycles. The number of benzene rings is 1. The van der Waals surface area contributed by atoms with Gasteiger partial charge in [0.1, 0.15) is 5.92 Å². The van der Waals surface area contributed by atoms with E-state index in [-0.39, 0.29) is 18.0 Å². The maximum Gasteiger partial charge on any atom is 0.315 e. The van der Waals surface area contributed by atoms with Gasteiger partial charge in [0.2, 0.25) is 0 Å². The van der Waals surface area contributed by atoms with E-state index in [2.05, 4.69) is 0 Å². The van der Waals surface area contributed by atoms with Gasteiger partial charge in [-0.05, 0) is 18.4 Å². The second-order valence-electron chi connectivity index (χ2n) is 3.96. The molecule has 1 heterocycles. The highest BCUT2D eigenvalue weighted by Crippen LogP contribution is 2.29. The van der Waals surface area contributed by atoms with E-state index in [1.807, 2.05) is 30.3 Å². The highest BCUT2D eigenvalue weighted by Gasteiger charge is 2.33. The number of carbonyl (C=O) groups is 1. The number of rotatable bonds is 3. The van der Waals surface area contributed by atoms with E-state index in [1.165, 1.54) is 7.11 Å². The molecule has 0 aromatic heterocycles. The molecule has 2 rings (SSSR count). The van der Waals surface area contributed by atoms with Crippen molar-refractivity contribution in [3.05, 3.63) is 35.9 Å². The molecular weight excluding hydrogens is 204 g/mol. The van der Waals surface area contributed by atoms with Gasteiger partial charge < -0.3 is 9.47 Å². The molecule has 16 heavy (non-hydrogen) atoms. The Bertz CT molecular complexity index is 341. The van der Waals surface area contributed by atoms with Crippen LogP contribution in [0.2, 0.25) is 0 Å². The van der Waals surface area contributed by atoms with Gasteiger partial charge in [-0.15, -0.1) is 0 Å². The summed E-state index contributed by atoms with van der Waals surface area (Å²) in [6.07, 6.45) is 1.91.